The lowest BCUT2D eigenvalue weighted by molar-refractivity contribution is -0.133. The van der Waals surface area contributed by atoms with Crippen molar-refractivity contribution in [3.8, 4) is 0 Å². The number of carbonyl (C=O) groups excluding carboxylic acids is 1. The van der Waals surface area contributed by atoms with Gasteiger partial charge in [0, 0.05) is 19.0 Å². The van der Waals surface area contributed by atoms with E-state index in [1.54, 1.807) is 18.2 Å². The summed E-state index contributed by atoms with van der Waals surface area (Å²) in [6.45, 7) is 3.56. The lowest BCUT2D eigenvalue weighted by atomic mass is 9.92. The van der Waals surface area contributed by atoms with Gasteiger partial charge in [-0.25, -0.2) is 4.39 Å². The van der Waals surface area contributed by atoms with Crippen LogP contribution in [0.25, 0.3) is 0 Å². The highest BCUT2D eigenvalue weighted by molar-refractivity contribution is 5.79. The van der Waals surface area contributed by atoms with Crippen molar-refractivity contribution in [2.75, 3.05) is 13.1 Å². The molecule has 108 valence electrons. The van der Waals surface area contributed by atoms with Gasteiger partial charge in [0.1, 0.15) is 5.82 Å². The number of fused-ring (bicyclic) bond motifs is 1. The van der Waals surface area contributed by atoms with Gasteiger partial charge in [-0.1, -0.05) is 18.2 Å². The van der Waals surface area contributed by atoms with Crippen LogP contribution >= 0.6 is 0 Å². The van der Waals surface area contributed by atoms with E-state index in [1.165, 1.54) is 6.07 Å². The zero-order valence-corrected chi connectivity index (χ0v) is 11.7. The summed E-state index contributed by atoms with van der Waals surface area (Å²) in [5, 5.41) is 0. The van der Waals surface area contributed by atoms with Crippen molar-refractivity contribution in [2.24, 2.45) is 5.92 Å². The van der Waals surface area contributed by atoms with Crippen LogP contribution in [0.2, 0.25) is 0 Å². The zero-order chi connectivity index (χ0) is 14.1. The van der Waals surface area contributed by atoms with E-state index >= 15 is 0 Å². The fraction of sp³-hybridized carbons (Fsp3) is 0.562. The summed E-state index contributed by atoms with van der Waals surface area (Å²) in [4.78, 5) is 14.2. The molecule has 2 heterocycles. The van der Waals surface area contributed by atoms with Crippen molar-refractivity contribution in [3.05, 3.63) is 35.6 Å². The molecule has 0 aromatic heterocycles. The summed E-state index contributed by atoms with van der Waals surface area (Å²) in [5.41, 5.74) is 0.482. The molecule has 1 aromatic carbocycles. The highest BCUT2D eigenvalue weighted by atomic mass is 19.1. The van der Waals surface area contributed by atoms with E-state index in [9.17, 15) is 9.18 Å². The number of benzene rings is 1. The summed E-state index contributed by atoms with van der Waals surface area (Å²) >= 11 is 0. The van der Waals surface area contributed by atoms with Crippen LogP contribution in [0.4, 0.5) is 4.39 Å². The van der Waals surface area contributed by atoms with Crippen LogP contribution in [-0.2, 0) is 16.0 Å². The van der Waals surface area contributed by atoms with E-state index in [-0.39, 0.29) is 18.1 Å². The molecule has 0 aliphatic carbocycles. The molecule has 2 saturated heterocycles. The van der Waals surface area contributed by atoms with Crippen LogP contribution in [-0.4, -0.2) is 36.1 Å². The normalized spacial score (nSPS) is 29.3. The Hall–Kier alpha value is -1.42. The van der Waals surface area contributed by atoms with Crippen LogP contribution in [0.5, 0.6) is 0 Å². The highest BCUT2D eigenvalue weighted by Gasteiger charge is 2.38. The van der Waals surface area contributed by atoms with E-state index < -0.39 is 0 Å². The van der Waals surface area contributed by atoms with Crippen LogP contribution < -0.4 is 0 Å². The quantitative estimate of drug-likeness (QED) is 0.830. The number of piperidine rings is 1. The molecule has 0 bridgehead atoms. The average Bonchev–Trinajstić information content (AvgIpc) is 2.80. The molecule has 3 rings (SSSR count). The van der Waals surface area contributed by atoms with Gasteiger partial charge < -0.3 is 9.64 Å². The monoisotopic (exact) mass is 277 g/mol. The number of ether oxygens (including phenoxy) is 1. The SMILES string of the molecule is C[C@@H]1C[C@@H]2CN(C(=O)Cc3ccccc3F)CC[C@@H]2O1. The minimum atomic E-state index is -0.298. The van der Waals surface area contributed by atoms with Gasteiger partial charge in [-0.15, -0.1) is 0 Å². The van der Waals surface area contributed by atoms with Crippen molar-refractivity contribution in [2.45, 2.75) is 38.4 Å². The average molecular weight is 277 g/mol. The Balaban J connectivity index is 1.62. The first kappa shape index (κ1) is 13.6. The number of halogens is 1. The van der Waals surface area contributed by atoms with Gasteiger partial charge in [0.05, 0.1) is 18.6 Å². The fourth-order valence-electron chi connectivity index (χ4n) is 3.34. The molecule has 0 saturated carbocycles. The maximum Gasteiger partial charge on any atom is 0.227 e. The third-order valence-corrected chi connectivity index (χ3v) is 4.36. The Labute approximate surface area is 118 Å². The van der Waals surface area contributed by atoms with Gasteiger partial charge >= 0.3 is 0 Å². The largest absolute Gasteiger partial charge is 0.375 e. The Morgan fingerprint density at radius 2 is 2.25 bits per heavy atom. The minimum absolute atomic E-state index is 0.0214. The molecule has 0 spiro atoms. The number of amides is 1. The second kappa shape index (κ2) is 5.52. The zero-order valence-electron chi connectivity index (χ0n) is 11.7. The summed E-state index contributed by atoms with van der Waals surface area (Å²) in [7, 11) is 0. The molecule has 1 aromatic rings. The molecule has 2 fully saturated rings. The van der Waals surface area contributed by atoms with Crippen molar-refractivity contribution in [1.82, 2.24) is 4.90 Å². The molecule has 4 heteroatoms. The van der Waals surface area contributed by atoms with Crippen LogP contribution in [0, 0.1) is 11.7 Å². The molecule has 3 atom stereocenters. The van der Waals surface area contributed by atoms with E-state index in [1.807, 2.05) is 4.90 Å². The van der Waals surface area contributed by atoms with Gasteiger partial charge in [-0.05, 0) is 31.4 Å². The minimum Gasteiger partial charge on any atom is -0.375 e. The molecule has 0 radical (unpaired) electrons. The smallest absolute Gasteiger partial charge is 0.227 e. The molecule has 2 aliphatic rings. The fourth-order valence-corrected chi connectivity index (χ4v) is 3.34. The van der Waals surface area contributed by atoms with Crippen LogP contribution in [0.1, 0.15) is 25.3 Å². The van der Waals surface area contributed by atoms with Gasteiger partial charge in [-0.3, -0.25) is 4.79 Å². The number of nitrogens with zero attached hydrogens (tertiary/aromatic N) is 1. The van der Waals surface area contributed by atoms with Gasteiger partial charge in [0.2, 0.25) is 5.91 Å². The van der Waals surface area contributed by atoms with Gasteiger partial charge in [0.15, 0.2) is 0 Å². The summed E-state index contributed by atoms with van der Waals surface area (Å²) in [6, 6.07) is 6.50. The molecule has 0 unspecified atom stereocenters. The first-order chi connectivity index (χ1) is 9.63. The first-order valence-electron chi connectivity index (χ1n) is 7.30. The van der Waals surface area contributed by atoms with Crippen LogP contribution in [0.3, 0.4) is 0 Å². The third kappa shape index (κ3) is 2.70. The number of hydrogen-bond donors (Lipinski definition) is 0. The van der Waals surface area contributed by atoms with E-state index in [4.69, 9.17) is 4.74 Å². The summed E-state index contributed by atoms with van der Waals surface area (Å²) < 4.78 is 19.4. The lowest BCUT2D eigenvalue weighted by Crippen LogP contribution is -2.45. The van der Waals surface area contributed by atoms with Crippen molar-refractivity contribution in [1.29, 1.82) is 0 Å². The van der Waals surface area contributed by atoms with E-state index in [0.29, 0.717) is 23.7 Å². The molecular weight excluding hydrogens is 257 g/mol. The van der Waals surface area contributed by atoms with Crippen LogP contribution in [0.15, 0.2) is 24.3 Å². The first-order valence-corrected chi connectivity index (χ1v) is 7.30. The standard InChI is InChI=1S/C16H20FNO2/c1-11-8-13-10-18(7-6-15(13)20-11)16(19)9-12-4-2-3-5-14(12)17/h2-5,11,13,15H,6-10H2,1H3/t11-,13-,15+/m1/s1. The van der Waals surface area contributed by atoms with Gasteiger partial charge in [0.25, 0.3) is 0 Å². The van der Waals surface area contributed by atoms with E-state index in [0.717, 1.165) is 25.9 Å². The topological polar surface area (TPSA) is 29.5 Å². The molecule has 0 N–H and O–H groups in total. The predicted octanol–water partition coefficient (Wildman–Crippen LogP) is 2.39. The predicted molar refractivity (Wildman–Crippen MR) is 73.7 cm³/mol. The molecule has 20 heavy (non-hydrogen) atoms. The maximum absolute atomic E-state index is 13.6. The number of rotatable bonds is 2. The van der Waals surface area contributed by atoms with Gasteiger partial charge in [-0.2, -0.15) is 0 Å². The molecule has 1 amide bonds. The molecular formula is C16H20FNO2. The van der Waals surface area contributed by atoms with Crippen molar-refractivity contribution < 1.29 is 13.9 Å². The molecule has 2 aliphatic heterocycles. The highest BCUT2D eigenvalue weighted by Crippen LogP contribution is 2.32. The summed E-state index contributed by atoms with van der Waals surface area (Å²) in [5.74, 6) is 0.171. The lowest BCUT2D eigenvalue weighted by Gasteiger charge is -2.34. The Morgan fingerprint density at radius 3 is 3.05 bits per heavy atom. The van der Waals surface area contributed by atoms with E-state index in [2.05, 4.69) is 6.92 Å². The third-order valence-electron chi connectivity index (χ3n) is 4.36. The summed E-state index contributed by atoms with van der Waals surface area (Å²) in [6.07, 6.45) is 2.68. The second-order valence-corrected chi connectivity index (χ2v) is 5.88. The Kier molecular flexibility index (Phi) is 3.74. The number of carbonyl (C=O) groups is 1. The van der Waals surface area contributed by atoms with Crippen molar-refractivity contribution in [3.63, 3.8) is 0 Å². The number of hydrogen-bond acceptors (Lipinski definition) is 2. The van der Waals surface area contributed by atoms with Crippen molar-refractivity contribution >= 4 is 5.91 Å². The Bertz CT molecular complexity index is 505. The second-order valence-electron chi connectivity index (χ2n) is 5.88. The molecule has 3 nitrogen and oxygen atoms in total. The Morgan fingerprint density at radius 1 is 1.45 bits per heavy atom. The number of likely N-dealkylation sites (tertiary alicyclic amines) is 1. The maximum atomic E-state index is 13.6.